The largest absolute Gasteiger partial charge is 0.504 e. The minimum atomic E-state index is -0.0602. The van der Waals surface area contributed by atoms with Gasteiger partial charge in [0, 0.05) is 0 Å². The van der Waals surface area contributed by atoms with E-state index in [0.717, 1.165) is 0 Å². The molecule has 1 aromatic carbocycles. The fourth-order valence-electron chi connectivity index (χ4n) is 0.643. The van der Waals surface area contributed by atoms with Crippen LogP contribution in [0, 0.1) is 6.92 Å². The van der Waals surface area contributed by atoms with Gasteiger partial charge in [0.2, 0.25) is 0 Å². The number of phenolic OH excluding ortho intramolecular Hbond substituents is 2. The van der Waals surface area contributed by atoms with Crippen LogP contribution in [0.2, 0.25) is 0 Å². The Balaban J connectivity index is 0.000000461. The van der Waals surface area contributed by atoms with Crippen molar-refractivity contribution >= 4 is 0 Å². The molecule has 2 nitrogen and oxygen atoms in total. The highest BCUT2D eigenvalue weighted by molar-refractivity contribution is 5.43. The molecule has 0 aliphatic rings. The van der Waals surface area contributed by atoms with Crippen molar-refractivity contribution in [2.24, 2.45) is 0 Å². The Hall–Kier alpha value is -1.44. The van der Waals surface area contributed by atoms with Crippen LogP contribution in [0.25, 0.3) is 0 Å². The van der Waals surface area contributed by atoms with Crippen LogP contribution in [-0.4, -0.2) is 10.2 Å². The molecular formula is C9H12O2. The van der Waals surface area contributed by atoms with E-state index >= 15 is 0 Å². The second-order valence-corrected chi connectivity index (χ2v) is 1.94. The molecule has 0 aliphatic carbocycles. The summed E-state index contributed by atoms with van der Waals surface area (Å²) < 4.78 is 0. The number of para-hydroxylation sites is 1. The van der Waals surface area contributed by atoms with Crippen LogP contribution in [0.1, 0.15) is 5.56 Å². The molecule has 0 bridgehead atoms. The van der Waals surface area contributed by atoms with Crippen molar-refractivity contribution < 1.29 is 10.2 Å². The lowest BCUT2D eigenvalue weighted by molar-refractivity contribution is 0.401. The molecule has 60 valence electrons. The number of phenols is 2. The standard InChI is InChI=1S/C7H8O2.C2H4/c1-5-3-2-4-6(8)7(5)9;1-2/h2-4,8-9H,1H3;1-2H2. The summed E-state index contributed by atoms with van der Waals surface area (Å²) in [5, 5.41) is 17.8. The highest BCUT2D eigenvalue weighted by Gasteiger charge is 1.98. The fourth-order valence-corrected chi connectivity index (χ4v) is 0.643. The second-order valence-electron chi connectivity index (χ2n) is 1.94. The molecule has 0 spiro atoms. The van der Waals surface area contributed by atoms with Crippen LogP contribution in [0.3, 0.4) is 0 Å². The second kappa shape index (κ2) is 4.39. The van der Waals surface area contributed by atoms with Crippen molar-refractivity contribution in [3.63, 3.8) is 0 Å². The summed E-state index contributed by atoms with van der Waals surface area (Å²) in [6.07, 6.45) is 0. The molecule has 0 radical (unpaired) electrons. The molecule has 0 aromatic heterocycles. The first-order chi connectivity index (χ1) is 5.22. The lowest BCUT2D eigenvalue weighted by atomic mass is 10.2. The van der Waals surface area contributed by atoms with Gasteiger partial charge >= 0.3 is 0 Å². The third kappa shape index (κ3) is 2.34. The van der Waals surface area contributed by atoms with E-state index in [1.54, 1.807) is 19.1 Å². The zero-order valence-electron chi connectivity index (χ0n) is 6.54. The highest BCUT2D eigenvalue weighted by Crippen LogP contribution is 2.26. The monoisotopic (exact) mass is 152 g/mol. The van der Waals surface area contributed by atoms with Gasteiger partial charge in [0.1, 0.15) is 0 Å². The van der Waals surface area contributed by atoms with Crippen molar-refractivity contribution in [3.8, 4) is 11.5 Å². The molecule has 0 amide bonds. The lowest BCUT2D eigenvalue weighted by Crippen LogP contribution is -1.72. The summed E-state index contributed by atoms with van der Waals surface area (Å²) in [6, 6.07) is 4.86. The summed E-state index contributed by atoms with van der Waals surface area (Å²) >= 11 is 0. The molecular weight excluding hydrogens is 140 g/mol. The maximum absolute atomic E-state index is 8.96. The highest BCUT2D eigenvalue weighted by atomic mass is 16.3. The predicted octanol–water partition coefficient (Wildman–Crippen LogP) is 2.21. The SMILES string of the molecule is C=C.Cc1cccc(O)c1O. The molecule has 0 heterocycles. The topological polar surface area (TPSA) is 40.5 Å². The Morgan fingerprint density at radius 3 is 2.09 bits per heavy atom. The normalized spacial score (nSPS) is 8.09. The van der Waals surface area contributed by atoms with Crippen LogP contribution in [-0.2, 0) is 0 Å². The van der Waals surface area contributed by atoms with E-state index in [1.165, 1.54) is 6.07 Å². The Bertz CT molecular complexity index is 211. The van der Waals surface area contributed by atoms with Gasteiger partial charge in [-0.1, -0.05) is 12.1 Å². The van der Waals surface area contributed by atoms with Crippen LogP contribution < -0.4 is 0 Å². The van der Waals surface area contributed by atoms with E-state index in [1.807, 2.05) is 0 Å². The van der Waals surface area contributed by atoms with Gasteiger partial charge in [0.05, 0.1) is 0 Å². The third-order valence-electron chi connectivity index (χ3n) is 1.22. The van der Waals surface area contributed by atoms with Gasteiger partial charge in [-0.05, 0) is 18.6 Å². The van der Waals surface area contributed by atoms with Crippen molar-refractivity contribution in [2.75, 3.05) is 0 Å². The Morgan fingerprint density at radius 2 is 1.73 bits per heavy atom. The van der Waals surface area contributed by atoms with Gasteiger partial charge in [0.25, 0.3) is 0 Å². The average Bonchev–Trinajstić information content (AvgIpc) is 2.04. The van der Waals surface area contributed by atoms with Crippen molar-refractivity contribution in [1.82, 2.24) is 0 Å². The van der Waals surface area contributed by atoms with Crippen molar-refractivity contribution in [2.45, 2.75) is 6.92 Å². The van der Waals surface area contributed by atoms with E-state index in [9.17, 15) is 0 Å². The maximum atomic E-state index is 8.96. The van der Waals surface area contributed by atoms with Gasteiger partial charge in [0.15, 0.2) is 11.5 Å². The number of hydrogen-bond acceptors (Lipinski definition) is 2. The van der Waals surface area contributed by atoms with Gasteiger partial charge in [-0.15, -0.1) is 13.2 Å². The number of rotatable bonds is 0. The minimum absolute atomic E-state index is 0.0301. The number of benzene rings is 1. The minimum Gasteiger partial charge on any atom is -0.504 e. The summed E-state index contributed by atoms with van der Waals surface area (Å²) in [6.45, 7) is 7.73. The summed E-state index contributed by atoms with van der Waals surface area (Å²) in [5.74, 6) is -0.0903. The molecule has 1 rings (SSSR count). The van der Waals surface area contributed by atoms with Crippen molar-refractivity contribution in [1.29, 1.82) is 0 Å². The molecule has 0 aliphatic heterocycles. The summed E-state index contributed by atoms with van der Waals surface area (Å²) in [5.41, 5.74) is 0.690. The molecule has 0 fully saturated rings. The van der Waals surface area contributed by atoms with E-state index < -0.39 is 0 Å². The smallest absolute Gasteiger partial charge is 0.160 e. The maximum Gasteiger partial charge on any atom is 0.160 e. The van der Waals surface area contributed by atoms with Gasteiger partial charge < -0.3 is 10.2 Å². The quantitative estimate of drug-likeness (QED) is 0.442. The van der Waals surface area contributed by atoms with Gasteiger partial charge in [-0.3, -0.25) is 0 Å². The molecule has 11 heavy (non-hydrogen) atoms. The first kappa shape index (κ1) is 9.56. The van der Waals surface area contributed by atoms with E-state index in [-0.39, 0.29) is 11.5 Å². The molecule has 0 saturated carbocycles. The summed E-state index contributed by atoms with van der Waals surface area (Å²) in [7, 11) is 0. The first-order valence-corrected chi connectivity index (χ1v) is 3.19. The number of aryl methyl sites for hydroxylation is 1. The zero-order chi connectivity index (χ0) is 8.85. The Morgan fingerprint density at radius 1 is 1.18 bits per heavy atom. The molecule has 2 N–H and O–H groups in total. The zero-order valence-corrected chi connectivity index (χ0v) is 6.54. The molecule has 0 saturated heterocycles. The summed E-state index contributed by atoms with van der Waals surface area (Å²) in [4.78, 5) is 0. The lowest BCUT2D eigenvalue weighted by Gasteiger charge is -1.97. The Labute approximate surface area is 66.4 Å². The first-order valence-electron chi connectivity index (χ1n) is 3.19. The molecule has 2 heteroatoms. The molecule has 0 atom stereocenters. The number of aromatic hydroxyl groups is 2. The number of hydrogen-bond donors (Lipinski definition) is 2. The van der Waals surface area contributed by atoms with E-state index in [0.29, 0.717) is 5.56 Å². The van der Waals surface area contributed by atoms with E-state index in [4.69, 9.17) is 10.2 Å². The average molecular weight is 152 g/mol. The van der Waals surface area contributed by atoms with Crippen LogP contribution in [0.4, 0.5) is 0 Å². The van der Waals surface area contributed by atoms with Gasteiger partial charge in [-0.25, -0.2) is 0 Å². The molecule has 0 unspecified atom stereocenters. The van der Waals surface area contributed by atoms with Crippen LogP contribution in [0.5, 0.6) is 11.5 Å². The van der Waals surface area contributed by atoms with Gasteiger partial charge in [-0.2, -0.15) is 0 Å². The van der Waals surface area contributed by atoms with Crippen molar-refractivity contribution in [3.05, 3.63) is 36.9 Å². The van der Waals surface area contributed by atoms with Crippen LogP contribution >= 0.6 is 0 Å². The van der Waals surface area contributed by atoms with E-state index in [2.05, 4.69) is 13.2 Å². The molecule has 1 aromatic rings. The Kier molecular flexibility index (Phi) is 3.81. The fraction of sp³-hybridized carbons (Fsp3) is 0.111. The van der Waals surface area contributed by atoms with Crippen LogP contribution in [0.15, 0.2) is 31.4 Å². The third-order valence-corrected chi connectivity index (χ3v) is 1.22. The predicted molar refractivity (Wildman–Crippen MR) is 45.8 cm³/mol.